The van der Waals surface area contributed by atoms with Crippen LogP contribution in [0.4, 0.5) is 10.5 Å². The average Bonchev–Trinajstić information content (AvgIpc) is 3.19. The van der Waals surface area contributed by atoms with E-state index in [1.54, 1.807) is 4.90 Å². The lowest BCUT2D eigenvalue weighted by atomic mass is 10.0. The number of carbonyl (C=O) groups is 2. The van der Waals surface area contributed by atoms with E-state index in [9.17, 15) is 9.59 Å². The van der Waals surface area contributed by atoms with Crippen LogP contribution in [0.25, 0.3) is 0 Å². The number of benzene rings is 1. The van der Waals surface area contributed by atoms with Crippen LogP contribution in [0.5, 0.6) is 0 Å². The van der Waals surface area contributed by atoms with Gasteiger partial charge in [0.05, 0.1) is 5.69 Å². The van der Waals surface area contributed by atoms with Gasteiger partial charge in [-0.15, -0.1) is 0 Å². The molecule has 3 fully saturated rings. The molecule has 23 heavy (non-hydrogen) atoms. The van der Waals surface area contributed by atoms with Gasteiger partial charge in [0, 0.05) is 18.1 Å². The van der Waals surface area contributed by atoms with Gasteiger partial charge in [0.1, 0.15) is 6.04 Å². The number of nitrogens with two attached hydrogens (primary N) is 1. The maximum Gasteiger partial charge on any atom is 0.332 e. The van der Waals surface area contributed by atoms with Crippen LogP contribution in [-0.4, -0.2) is 54.5 Å². The fraction of sp³-hybridized carbons (Fsp3) is 0.529. The van der Waals surface area contributed by atoms with Crippen molar-refractivity contribution in [2.24, 2.45) is 5.73 Å². The van der Waals surface area contributed by atoms with Gasteiger partial charge in [-0.2, -0.15) is 0 Å². The van der Waals surface area contributed by atoms with Crippen LogP contribution < -0.4 is 10.6 Å². The normalized spacial score (nSPS) is 28.7. The predicted molar refractivity (Wildman–Crippen MR) is 87.0 cm³/mol. The van der Waals surface area contributed by atoms with E-state index in [-0.39, 0.29) is 23.5 Å². The minimum atomic E-state index is -0.487. The Kier molecular flexibility index (Phi) is 3.05. The highest BCUT2D eigenvalue weighted by atomic mass is 16.2. The van der Waals surface area contributed by atoms with Gasteiger partial charge < -0.3 is 10.6 Å². The molecule has 3 aliphatic rings. The van der Waals surface area contributed by atoms with Gasteiger partial charge in [-0.05, 0) is 51.1 Å². The molecule has 0 aromatic heterocycles. The summed E-state index contributed by atoms with van der Waals surface area (Å²) in [7, 11) is 4.18. The summed E-state index contributed by atoms with van der Waals surface area (Å²) in [6.07, 6.45) is 2.98. The van der Waals surface area contributed by atoms with Crippen LogP contribution in [0.3, 0.4) is 0 Å². The number of rotatable bonds is 3. The van der Waals surface area contributed by atoms with Crippen LogP contribution in [0, 0.1) is 0 Å². The van der Waals surface area contributed by atoms with Crippen molar-refractivity contribution in [3.63, 3.8) is 0 Å². The Morgan fingerprint density at radius 1 is 1.17 bits per heavy atom. The molecule has 6 heteroatoms. The van der Waals surface area contributed by atoms with E-state index in [1.807, 2.05) is 24.3 Å². The van der Waals surface area contributed by atoms with Gasteiger partial charge in [0.25, 0.3) is 5.91 Å². The molecule has 122 valence electrons. The Morgan fingerprint density at radius 3 is 2.35 bits per heavy atom. The summed E-state index contributed by atoms with van der Waals surface area (Å²) < 4.78 is 0. The molecule has 3 amide bonds. The molecule has 0 unspecified atom stereocenters. The molecule has 0 bridgehead atoms. The molecule has 2 N–H and O–H groups in total. The zero-order valence-electron chi connectivity index (χ0n) is 13.5. The second kappa shape index (κ2) is 4.79. The van der Waals surface area contributed by atoms with Crippen molar-refractivity contribution >= 4 is 17.6 Å². The van der Waals surface area contributed by atoms with Crippen LogP contribution >= 0.6 is 0 Å². The first-order valence-electron chi connectivity index (χ1n) is 8.14. The number of anilines is 1. The van der Waals surface area contributed by atoms with Gasteiger partial charge in [-0.25, -0.2) is 9.69 Å². The van der Waals surface area contributed by atoms with Crippen LogP contribution in [0.15, 0.2) is 24.3 Å². The van der Waals surface area contributed by atoms with Gasteiger partial charge in [0.2, 0.25) is 0 Å². The number of amides is 3. The van der Waals surface area contributed by atoms with Crippen molar-refractivity contribution in [1.29, 1.82) is 0 Å². The Balaban J connectivity index is 1.62. The molecule has 2 heterocycles. The lowest BCUT2D eigenvalue weighted by Crippen LogP contribution is -2.41. The first kappa shape index (κ1) is 14.7. The highest BCUT2D eigenvalue weighted by Gasteiger charge is 2.52. The summed E-state index contributed by atoms with van der Waals surface area (Å²) in [4.78, 5) is 30.2. The van der Waals surface area contributed by atoms with Crippen molar-refractivity contribution in [1.82, 2.24) is 9.80 Å². The zero-order chi connectivity index (χ0) is 16.4. The van der Waals surface area contributed by atoms with E-state index in [2.05, 4.69) is 19.0 Å². The van der Waals surface area contributed by atoms with E-state index in [4.69, 9.17) is 5.73 Å². The number of fused-ring (bicyclic) bond motifs is 1. The second-order valence-corrected chi connectivity index (χ2v) is 7.02. The lowest BCUT2D eigenvalue weighted by Gasteiger charge is -2.25. The first-order chi connectivity index (χ1) is 11.0. The fourth-order valence-corrected chi connectivity index (χ4v) is 3.97. The van der Waals surface area contributed by atoms with Crippen molar-refractivity contribution in [2.45, 2.75) is 36.9 Å². The minimum Gasteiger partial charge on any atom is -0.325 e. The Hall–Kier alpha value is -1.92. The third-order valence-electron chi connectivity index (χ3n) is 5.60. The van der Waals surface area contributed by atoms with E-state index < -0.39 is 6.04 Å². The summed E-state index contributed by atoms with van der Waals surface area (Å²) >= 11 is 0. The van der Waals surface area contributed by atoms with Crippen molar-refractivity contribution < 1.29 is 9.59 Å². The van der Waals surface area contributed by atoms with E-state index in [1.165, 1.54) is 10.5 Å². The molecule has 0 spiro atoms. The summed E-state index contributed by atoms with van der Waals surface area (Å²) in [5.74, 6) is -0.193. The number of hydrogen-bond acceptors (Lipinski definition) is 4. The maximum atomic E-state index is 12.6. The highest BCUT2D eigenvalue weighted by molar-refractivity contribution is 6.21. The SMILES string of the molecule is CN(C)C1(c2ccc(N3C(=O)[C@@H]4[C@H](N)CCN4C3=O)cc2)CC1. The van der Waals surface area contributed by atoms with E-state index in [0.717, 1.165) is 12.8 Å². The first-order valence-corrected chi connectivity index (χ1v) is 8.14. The van der Waals surface area contributed by atoms with Gasteiger partial charge >= 0.3 is 6.03 Å². The standard InChI is InChI=1S/C17H22N4O2/c1-19(2)17(8-9-17)11-3-5-12(6-4-11)21-15(22)14-13(18)7-10-20(14)16(21)23/h3-6,13-14H,7-10,18H2,1-2H3/t13-,14+/m1/s1. The van der Waals surface area contributed by atoms with Gasteiger partial charge in [-0.3, -0.25) is 9.69 Å². The van der Waals surface area contributed by atoms with Crippen LogP contribution in [-0.2, 0) is 10.3 Å². The number of nitrogens with zero attached hydrogens (tertiary/aromatic N) is 3. The molecule has 2 aliphatic heterocycles. The van der Waals surface area contributed by atoms with Crippen LogP contribution in [0.1, 0.15) is 24.8 Å². The molecule has 2 atom stereocenters. The smallest absolute Gasteiger partial charge is 0.325 e. The number of imide groups is 1. The van der Waals surface area contributed by atoms with Crippen molar-refractivity contribution in [3.05, 3.63) is 29.8 Å². The van der Waals surface area contributed by atoms with Gasteiger partial charge in [-0.1, -0.05) is 12.1 Å². The number of hydrogen-bond donors (Lipinski definition) is 1. The molecule has 0 radical (unpaired) electrons. The zero-order valence-corrected chi connectivity index (χ0v) is 13.5. The summed E-state index contributed by atoms with van der Waals surface area (Å²) in [5.41, 5.74) is 7.99. The second-order valence-electron chi connectivity index (χ2n) is 7.02. The maximum absolute atomic E-state index is 12.6. The molecule has 4 rings (SSSR count). The summed E-state index contributed by atoms with van der Waals surface area (Å²) in [6.45, 7) is 0.564. The van der Waals surface area contributed by atoms with E-state index >= 15 is 0 Å². The molecule has 1 saturated carbocycles. The molecule has 2 saturated heterocycles. The molecule has 1 aliphatic carbocycles. The lowest BCUT2D eigenvalue weighted by molar-refractivity contribution is -0.119. The topological polar surface area (TPSA) is 69.9 Å². The summed E-state index contributed by atoms with van der Waals surface area (Å²) in [5, 5.41) is 0. The number of carbonyl (C=O) groups excluding carboxylic acids is 2. The Bertz CT molecular complexity index is 666. The molecule has 1 aromatic carbocycles. The van der Waals surface area contributed by atoms with E-state index in [0.29, 0.717) is 18.7 Å². The average molecular weight is 314 g/mol. The van der Waals surface area contributed by atoms with Crippen LogP contribution in [0.2, 0.25) is 0 Å². The third kappa shape index (κ3) is 1.95. The van der Waals surface area contributed by atoms with Gasteiger partial charge in [0.15, 0.2) is 0 Å². The molecule has 6 nitrogen and oxygen atoms in total. The molecular weight excluding hydrogens is 292 g/mol. The van der Waals surface area contributed by atoms with Crippen molar-refractivity contribution in [2.75, 3.05) is 25.5 Å². The quantitative estimate of drug-likeness (QED) is 0.849. The Labute approximate surface area is 135 Å². The highest BCUT2D eigenvalue weighted by Crippen LogP contribution is 2.49. The fourth-order valence-electron chi connectivity index (χ4n) is 3.97. The third-order valence-corrected chi connectivity index (χ3v) is 5.60. The monoisotopic (exact) mass is 314 g/mol. The predicted octanol–water partition coefficient (Wildman–Crippen LogP) is 1.11. The molecular formula is C17H22N4O2. The largest absolute Gasteiger partial charge is 0.332 e. The minimum absolute atomic E-state index is 0.125. The summed E-state index contributed by atoms with van der Waals surface area (Å²) in [6, 6.07) is 6.84. The Morgan fingerprint density at radius 2 is 1.83 bits per heavy atom. The van der Waals surface area contributed by atoms with Crippen molar-refractivity contribution in [3.8, 4) is 0 Å². The number of urea groups is 1. The molecule has 1 aromatic rings.